The highest BCUT2D eigenvalue weighted by molar-refractivity contribution is 5.85. The maximum absolute atomic E-state index is 6.44. The number of aromatic nitrogens is 3. The number of para-hydroxylation sites is 1. The van der Waals surface area contributed by atoms with Gasteiger partial charge in [0.1, 0.15) is 5.75 Å². The third-order valence-electron chi connectivity index (χ3n) is 4.95. The van der Waals surface area contributed by atoms with E-state index in [1.54, 1.807) is 12.3 Å². The molecule has 2 aromatic heterocycles. The number of hydrogen-bond acceptors (Lipinski definition) is 6. The SMILES string of the molecule is CC1(N)CCCCC1c1nc(-c2ccc(Oc3ccccc3)nc2)no1.Cl. The summed E-state index contributed by atoms with van der Waals surface area (Å²) in [4.78, 5) is 8.91. The predicted octanol–water partition coefficient (Wildman–Crippen LogP) is 4.72. The van der Waals surface area contributed by atoms with E-state index in [0.29, 0.717) is 17.6 Å². The third kappa shape index (κ3) is 4.28. The molecule has 1 aliphatic carbocycles. The summed E-state index contributed by atoms with van der Waals surface area (Å²) in [5.41, 5.74) is 6.93. The lowest BCUT2D eigenvalue weighted by atomic mass is 9.74. The lowest BCUT2D eigenvalue weighted by Gasteiger charge is -2.35. The van der Waals surface area contributed by atoms with Gasteiger partial charge in [0.2, 0.25) is 17.6 Å². The Balaban J connectivity index is 0.00000210. The second kappa shape index (κ2) is 8.06. The summed E-state index contributed by atoms with van der Waals surface area (Å²) in [5, 5.41) is 4.12. The summed E-state index contributed by atoms with van der Waals surface area (Å²) >= 11 is 0. The first-order chi connectivity index (χ1) is 12.6. The van der Waals surface area contributed by atoms with Gasteiger partial charge < -0.3 is 15.0 Å². The van der Waals surface area contributed by atoms with Gasteiger partial charge in [0, 0.05) is 23.4 Å². The van der Waals surface area contributed by atoms with Crippen molar-refractivity contribution in [1.82, 2.24) is 15.1 Å². The molecule has 7 heteroatoms. The fraction of sp³-hybridized carbons (Fsp3) is 0.350. The van der Waals surface area contributed by atoms with Crippen molar-refractivity contribution < 1.29 is 9.26 Å². The van der Waals surface area contributed by atoms with Crippen LogP contribution in [-0.2, 0) is 0 Å². The minimum Gasteiger partial charge on any atom is -0.439 e. The Bertz CT molecular complexity index is 865. The summed E-state index contributed by atoms with van der Waals surface area (Å²) in [7, 11) is 0. The Morgan fingerprint density at radius 2 is 1.96 bits per heavy atom. The summed E-state index contributed by atoms with van der Waals surface area (Å²) in [6, 6.07) is 13.2. The van der Waals surface area contributed by atoms with Crippen molar-refractivity contribution in [3.63, 3.8) is 0 Å². The minimum absolute atomic E-state index is 0. The van der Waals surface area contributed by atoms with Crippen LogP contribution in [0.4, 0.5) is 0 Å². The van der Waals surface area contributed by atoms with Crippen LogP contribution in [0.5, 0.6) is 11.6 Å². The van der Waals surface area contributed by atoms with Gasteiger partial charge in [-0.25, -0.2) is 4.98 Å². The van der Waals surface area contributed by atoms with Crippen molar-refractivity contribution in [3.8, 4) is 23.0 Å². The van der Waals surface area contributed by atoms with E-state index in [1.165, 1.54) is 0 Å². The van der Waals surface area contributed by atoms with Crippen LogP contribution in [0.25, 0.3) is 11.4 Å². The Morgan fingerprint density at radius 1 is 1.15 bits per heavy atom. The maximum atomic E-state index is 6.44. The van der Waals surface area contributed by atoms with Crippen LogP contribution in [0.2, 0.25) is 0 Å². The van der Waals surface area contributed by atoms with Gasteiger partial charge in [-0.15, -0.1) is 12.4 Å². The van der Waals surface area contributed by atoms with Crippen LogP contribution in [0.15, 0.2) is 53.2 Å². The monoisotopic (exact) mass is 386 g/mol. The van der Waals surface area contributed by atoms with Gasteiger partial charge in [-0.05, 0) is 38.0 Å². The van der Waals surface area contributed by atoms with Crippen molar-refractivity contribution in [2.75, 3.05) is 0 Å². The molecule has 1 saturated carbocycles. The average Bonchev–Trinajstić information content (AvgIpc) is 3.12. The maximum Gasteiger partial charge on any atom is 0.231 e. The van der Waals surface area contributed by atoms with Crippen molar-refractivity contribution >= 4 is 12.4 Å². The minimum atomic E-state index is -0.298. The zero-order valence-corrected chi connectivity index (χ0v) is 16.0. The van der Waals surface area contributed by atoms with Crippen molar-refractivity contribution in [2.24, 2.45) is 5.73 Å². The molecule has 0 radical (unpaired) electrons. The van der Waals surface area contributed by atoms with E-state index in [0.717, 1.165) is 37.0 Å². The molecule has 0 spiro atoms. The quantitative estimate of drug-likeness (QED) is 0.697. The lowest BCUT2D eigenvalue weighted by molar-refractivity contribution is 0.223. The van der Waals surface area contributed by atoms with Gasteiger partial charge in [0.05, 0.1) is 5.92 Å². The van der Waals surface area contributed by atoms with E-state index in [2.05, 4.69) is 22.0 Å². The normalized spacial score (nSPS) is 22.1. The molecule has 0 amide bonds. The van der Waals surface area contributed by atoms with Crippen LogP contribution < -0.4 is 10.5 Å². The molecule has 4 rings (SSSR count). The van der Waals surface area contributed by atoms with Gasteiger partial charge in [0.15, 0.2) is 0 Å². The number of nitrogens with two attached hydrogens (primary N) is 1. The smallest absolute Gasteiger partial charge is 0.231 e. The molecule has 1 aromatic carbocycles. The molecule has 3 aromatic rings. The largest absolute Gasteiger partial charge is 0.439 e. The lowest BCUT2D eigenvalue weighted by Crippen LogP contribution is -2.44. The van der Waals surface area contributed by atoms with Gasteiger partial charge >= 0.3 is 0 Å². The Kier molecular flexibility index (Phi) is 5.77. The molecule has 1 aliphatic rings. The molecule has 1 fully saturated rings. The molecule has 2 atom stereocenters. The van der Waals surface area contributed by atoms with Crippen molar-refractivity contribution in [3.05, 3.63) is 54.6 Å². The van der Waals surface area contributed by atoms with Gasteiger partial charge in [-0.3, -0.25) is 0 Å². The van der Waals surface area contributed by atoms with E-state index in [4.69, 9.17) is 15.0 Å². The molecule has 6 nitrogen and oxygen atoms in total. The highest BCUT2D eigenvalue weighted by atomic mass is 35.5. The Morgan fingerprint density at radius 3 is 2.67 bits per heavy atom. The first-order valence-corrected chi connectivity index (χ1v) is 8.94. The molecular formula is C20H23ClN4O2. The zero-order chi connectivity index (χ0) is 18.0. The first-order valence-electron chi connectivity index (χ1n) is 8.94. The number of nitrogens with zero attached hydrogens (tertiary/aromatic N) is 3. The van der Waals surface area contributed by atoms with Crippen LogP contribution in [0, 0.1) is 0 Å². The fourth-order valence-corrected chi connectivity index (χ4v) is 3.44. The number of rotatable bonds is 4. The number of benzene rings is 1. The zero-order valence-electron chi connectivity index (χ0n) is 15.2. The van der Waals surface area contributed by atoms with Crippen LogP contribution in [0.1, 0.15) is 44.4 Å². The van der Waals surface area contributed by atoms with Crippen LogP contribution in [0.3, 0.4) is 0 Å². The Labute approximate surface area is 164 Å². The third-order valence-corrected chi connectivity index (χ3v) is 4.95. The molecule has 2 unspecified atom stereocenters. The molecule has 0 bridgehead atoms. The van der Waals surface area contributed by atoms with E-state index >= 15 is 0 Å². The highest BCUT2D eigenvalue weighted by Crippen LogP contribution is 2.38. The molecule has 0 aliphatic heterocycles. The fourth-order valence-electron chi connectivity index (χ4n) is 3.44. The average molecular weight is 387 g/mol. The topological polar surface area (TPSA) is 87.1 Å². The van der Waals surface area contributed by atoms with E-state index in [1.807, 2.05) is 36.4 Å². The van der Waals surface area contributed by atoms with E-state index in [9.17, 15) is 0 Å². The Hall–Kier alpha value is -2.44. The first kappa shape index (κ1) is 19.3. The standard InChI is InChI=1S/C20H22N4O2.ClH/c1-20(21)12-6-5-9-16(20)19-23-18(24-26-19)14-10-11-17(22-13-14)25-15-7-3-2-4-8-15;/h2-4,7-8,10-11,13,16H,5-6,9,12,21H2,1H3;1H. The molecule has 0 saturated heterocycles. The number of hydrogen-bond donors (Lipinski definition) is 1. The molecule has 2 heterocycles. The highest BCUT2D eigenvalue weighted by Gasteiger charge is 2.37. The van der Waals surface area contributed by atoms with E-state index in [-0.39, 0.29) is 23.9 Å². The number of pyridine rings is 1. The second-order valence-corrected chi connectivity index (χ2v) is 7.06. The molecule has 142 valence electrons. The molecule has 2 N–H and O–H groups in total. The summed E-state index contributed by atoms with van der Waals surface area (Å²) in [6.07, 6.45) is 5.94. The predicted molar refractivity (Wildman–Crippen MR) is 105 cm³/mol. The van der Waals surface area contributed by atoms with Gasteiger partial charge in [-0.1, -0.05) is 36.2 Å². The van der Waals surface area contributed by atoms with Gasteiger partial charge in [0.25, 0.3) is 0 Å². The number of ether oxygens (including phenoxy) is 1. The summed E-state index contributed by atoms with van der Waals surface area (Å²) in [5.74, 6) is 2.51. The molecule has 27 heavy (non-hydrogen) atoms. The van der Waals surface area contributed by atoms with E-state index < -0.39 is 0 Å². The molecular weight excluding hydrogens is 364 g/mol. The second-order valence-electron chi connectivity index (χ2n) is 7.06. The summed E-state index contributed by atoms with van der Waals surface area (Å²) in [6.45, 7) is 2.07. The number of halogens is 1. The summed E-state index contributed by atoms with van der Waals surface area (Å²) < 4.78 is 11.2. The van der Waals surface area contributed by atoms with Crippen LogP contribution in [-0.4, -0.2) is 20.7 Å². The van der Waals surface area contributed by atoms with Crippen molar-refractivity contribution in [1.29, 1.82) is 0 Å². The van der Waals surface area contributed by atoms with Gasteiger partial charge in [-0.2, -0.15) is 4.98 Å². The van der Waals surface area contributed by atoms with Crippen molar-refractivity contribution in [2.45, 2.75) is 44.1 Å². The van der Waals surface area contributed by atoms with Crippen LogP contribution >= 0.6 is 12.4 Å².